The van der Waals surface area contributed by atoms with Crippen LogP contribution in [0.5, 0.6) is 0 Å². The summed E-state index contributed by atoms with van der Waals surface area (Å²) in [4.78, 5) is 28.7. The first-order chi connectivity index (χ1) is 21.1. The first-order valence-electron chi connectivity index (χ1n) is 14.3. The lowest BCUT2D eigenvalue weighted by Gasteiger charge is -2.18. The highest BCUT2D eigenvalue weighted by molar-refractivity contribution is 6.23. The van der Waals surface area contributed by atoms with Gasteiger partial charge in [-0.05, 0) is 12.5 Å². The zero-order valence-corrected chi connectivity index (χ0v) is 24.0. The molecule has 0 saturated heterocycles. The number of anilines is 1. The average Bonchev–Trinajstić information content (AvgIpc) is 3.66. The molecule has 1 unspecified atom stereocenters. The highest BCUT2D eigenvalue weighted by Gasteiger charge is 2.24. The zero-order valence-electron chi connectivity index (χ0n) is 24.0. The van der Waals surface area contributed by atoms with Crippen molar-refractivity contribution in [3.8, 4) is 0 Å². The minimum Gasteiger partial charge on any atom is -0.365 e. The molecule has 2 N–H and O–H groups in total. The molecule has 2 aliphatic heterocycles. The number of nitrogens with one attached hydrogen (secondary N) is 2. The van der Waals surface area contributed by atoms with E-state index < -0.39 is 0 Å². The predicted molar refractivity (Wildman–Crippen MR) is 174 cm³/mol. The minimum atomic E-state index is -0.0612. The smallest absolute Gasteiger partial charge is 0.164 e. The lowest BCUT2D eigenvalue weighted by molar-refractivity contribution is 0.820. The molecule has 2 aliphatic rings. The van der Waals surface area contributed by atoms with Gasteiger partial charge in [-0.3, -0.25) is 4.99 Å². The van der Waals surface area contributed by atoms with Gasteiger partial charge in [0.05, 0.1) is 6.04 Å². The van der Waals surface area contributed by atoms with Gasteiger partial charge in [0.2, 0.25) is 0 Å². The van der Waals surface area contributed by atoms with Crippen molar-refractivity contribution in [3.63, 3.8) is 0 Å². The second kappa shape index (κ2) is 9.73. The molecule has 43 heavy (non-hydrogen) atoms. The Balaban J connectivity index is 1.49. The molecule has 0 amide bonds. The fourth-order valence-electron chi connectivity index (χ4n) is 6.14. The van der Waals surface area contributed by atoms with Crippen LogP contribution in [0.1, 0.15) is 35.2 Å². The third kappa shape index (κ3) is 3.94. The van der Waals surface area contributed by atoms with E-state index in [2.05, 4.69) is 76.8 Å². The van der Waals surface area contributed by atoms with Crippen LogP contribution in [0.25, 0.3) is 21.5 Å². The molecule has 0 saturated carbocycles. The molecule has 1 atom stereocenters. The fraction of sp³-hybridized carbons (Fsp3) is 0.114. The summed E-state index contributed by atoms with van der Waals surface area (Å²) in [5, 5.41) is 7.79. The van der Waals surface area contributed by atoms with Gasteiger partial charge < -0.3 is 14.9 Å². The molecular formula is C35H28N8. The lowest BCUT2D eigenvalue weighted by Crippen LogP contribution is -2.26. The van der Waals surface area contributed by atoms with E-state index in [9.17, 15) is 0 Å². The van der Waals surface area contributed by atoms with Crippen LogP contribution in [0, 0.1) is 0 Å². The molecule has 208 valence electrons. The Labute approximate surface area is 247 Å². The summed E-state index contributed by atoms with van der Waals surface area (Å²) < 4.78 is 2.03. The molecule has 6 bridgehead atoms. The standard InChI is InChI=1S/C35H28N8/c1-20-21-12-4-5-13-22(21)29(36-2)41-34-27-18-10-11-19-28(27)35(43(34)3)42-33-26-17-9-8-16-25(26)32(40-33)39-31-24-15-7-6-14-23(24)30(37-20)38-31/h4-20,37-38H,1-3H3. The largest absolute Gasteiger partial charge is 0.365 e. The fourth-order valence-corrected chi connectivity index (χ4v) is 6.14. The number of nitrogens with zero attached hydrogens (tertiary/aromatic N) is 6. The quantitative estimate of drug-likeness (QED) is 0.234. The average molecular weight is 561 g/mol. The van der Waals surface area contributed by atoms with Crippen molar-refractivity contribution in [1.29, 1.82) is 0 Å². The number of hydrogen-bond donors (Lipinski definition) is 2. The maximum absolute atomic E-state index is 5.18. The predicted octanol–water partition coefficient (Wildman–Crippen LogP) is 6.00. The third-order valence-corrected chi connectivity index (χ3v) is 8.24. The second-order valence-electron chi connectivity index (χ2n) is 10.8. The van der Waals surface area contributed by atoms with E-state index in [-0.39, 0.29) is 6.04 Å². The number of H-pyrrole nitrogens is 1. The van der Waals surface area contributed by atoms with Gasteiger partial charge in [-0.2, -0.15) is 0 Å². The van der Waals surface area contributed by atoms with Crippen molar-refractivity contribution >= 4 is 50.7 Å². The van der Waals surface area contributed by atoms with E-state index in [1.165, 1.54) is 0 Å². The SMILES string of the molecule is CN=C1N=c2c3ccccc3c(n2C)=NC2=NC(=Nc3[nH]c(c4ccccc34)NC(C)c3ccccc31)c1ccccc12. The molecule has 8 rings (SSSR count). The number of rotatable bonds is 0. The molecule has 2 aromatic heterocycles. The number of fused-ring (bicyclic) bond motifs is 15. The molecular weight excluding hydrogens is 532 g/mol. The number of amidine groups is 3. The molecule has 4 aromatic carbocycles. The molecule has 4 heterocycles. The van der Waals surface area contributed by atoms with Crippen molar-refractivity contribution in [1.82, 2.24) is 9.55 Å². The summed E-state index contributed by atoms with van der Waals surface area (Å²) in [5.41, 5.74) is 5.51. The number of aliphatic imine (C=N–C) groups is 3. The maximum atomic E-state index is 5.18. The van der Waals surface area contributed by atoms with Gasteiger partial charge in [-0.1, -0.05) is 97.1 Å². The Kier molecular flexibility index (Phi) is 5.68. The summed E-state index contributed by atoms with van der Waals surface area (Å²) in [6.07, 6.45) is 0. The maximum Gasteiger partial charge on any atom is 0.164 e. The molecule has 8 heteroatoms. The molecule has 0 aliphatic carbocycles. The van der Waals surface area contributed by atoms with Crippen LogP contribution in [0.3, 0.4) is 0 Å². The van der Waals surface area contributed by atoms with E-state index in [1.807, 2.05) is 54.1 Å². The van der Waals surface area contributed by atoms with Crippen LogP contribution >= 0.6 is 0 Å². The van der Waals surface area contributed by atoms with Crippen LogP contribution < -0.4 is 16.3 Å². The highest BCUT2D eigenvalue weighted by atomic mass is 15.1. The third-order valence-electron chi connectivity index (χ3n) is 8.24. The summed E-state index contributed by atoms with van der Waals surface area (Å²) in [6.45, 7) is 2.15. The number of hydrogen-bond acceptors (Lipinski definition) is 5. The van der Waals surface area contributed by atoms with E-state index in [1.54, 1.807) is 7.05 Å². The lowest BCUT2D eigenvalue weighted by atomic mass is 10.0. The first kappa shape index (κ1) is 25.1. The van der Waals surface area contributed by atoms with Crippen LogP contribution in [0.15, 0.2) is 122 Å². The van der Waals surface area contributed by atoms with Crippen molar-refractivity contribution in [2.75, 3.05) is 12.4 Å². The zero-order chi connectivity index (χ0) is 29.1. The van der Waals surface area contributed by atoms with Gasteiger partial charge in [0.1, 0.15) is 22.6 Å². The topological polar surface area (TPSA) is 94.5 Å². The van der Waals surface area contributed by atoms with E-state index in [4.69, 9.17) is 20.0 Å². The Morgan fingerprint density at radius 3 is 1.88 bits per heavy atom. The van der Waals surface area contributed by atoms with E-state index >= 15 is 0 Å². The molecule has 8 nitrogen and oxygen atoms in total. The number of aromatic amines is 1. The monoisotopic (exact) mass is 560 g/mol. The number of benzene rings is 4. The van der Waals surface area contributed by atoms with Crippen LogP contribution in [-0.4, -0.2) is 34.1 Å². The highest BCUT2D eigenvalue weighted by Crippen LogP contribution is 2.35. The molecule has 0 spiro atoms. The molecule has 6 aromatic rings. The van der Waals surface area contributed by atoms with Gasteiger partial charge in [-0.15, -0.1) is 0 Å². The summed E-state index contributed by atoms with van der Waals surface area (Å²) in [7, 11) is 3.79. The Morgan fingerprint density at radius 2 is 1.19 bits per heavy atom. The van der Waals surface area contributed by atoms with Crippen molar-refractivity contribution in [2.45, 2.75) is 13.0 Å². The summed E-state index contributed by atoms with van der Waals surface area (Å²) in [6, 6.07) is 32.8. The first-order valence-corrected chi connectivity index (χ1v) is 14.3. The summed E-state index contributed by atoms with van der Waals surface area (Å²) in [5.74, 6) is 3.53. The van der Waals surface area contributed by atoms with Crippen molar-refractivity contribution in [3.05, 3.63) is 130 Å². The minimum absolute atomic E-state index is 0.0612. The molecule has 0 fully saturated rings. The van der Waals surface area contributed by atoms with Gasteiger partial charge in [0.25, 0.3) is 0 Å². The van der Waals surface area contributed by atoms with Crippen LogP contribution in [-0.2, 0) is 7.05 Å². The van der Waals surface area contributed by atoms with Gasteiger partial charge in [-0.25, -0.2) is 20.0 Å². The van der Waals surface area contributed by atoms with Crippen LogP contribution in [0.2, 0.25) is 0 Å². The van der Waals surface area contributed by atoms with E-state index in [0.717, 1.165) is 66.4 Å². The second-order valence-corrected chi connectivity index (χ2v) is 10.8. The Bertz CT molecular complexity index is 2320. The van der Waals surface area contributed by atoms with E-state index in [0.29, 0.717) is 17.5 Å². The Hall–Kier alpha value is -5.63. The van der Waals surface area contributed by atoms with Crippen molar-refractivity contribution < 1.29 is 0 Å². The number of aromatic nitrogens is 2. The normalized spacial score (nSPS) is 16.9. The van der Waals surface area contributed by atoms with Gasteiger partial charge in [0, 0.05) is 52.3 Å². The van der Waals surface area contributed by atoms with Gasteiger partial charge >= 0.3 is 0 Å². The molecule has 0 radical (unpaired) electrons. The summed E-state index contributed by atoms with van der Waals surface area (Å²) >= 11 is 0. The van der Waals surface area contributed by atoms with Gasteiger partial charge in [0.15, 0.2) is 17.5 Å². The van der Waals surface area contributed by atoms with Crippen molar-refractivity contribution in [2.24, 2.45) is 32.0 Å². The Morgan fingerprint density at radius 1 is 0.628 bits per heavy atom. The van der Waals surface area contributed by atoms with Crippen LogP contribution in [0.4, 0.5) is 11.6 Å².